The number of thioether (sulfide) groups is 1. The second kappa shape index (κ2) is 7.40. The third-order valence-corrected chi connectivity index (χ3v) is 4.01. The molecule has 1 rings (SSSR count). The molecule has 0 spiro atoms. The van der Waals surface area contributed by atoms with Crippen LogP contribution in [0.25, 0.3) is 0 Å². The molecule has 1 aromatic rings. The SMILES string of the molecule is COc1ccc(SCCCCC(C)(N)C(=O)O)cc1. The number of rotatable bonds is 8. The molecule has 0 fully saturated rings. The predicted molar refractivity (Wildman–Crippen MR) is 77.8 cm³/mol. The highest BCUT2D eigenvalue weighted by atomic mass is 32.2. The standard InChI is InChI=1S/C14H21NO3S/c1-14(15,13(16)17)9-3-4-10-19-12-7-5-11(18-2)6-8-12/h5-8H,3-4,9-10,15H2,1-2H3,(H,16,17). The van der Waals surface area contributed by atoms with E-state index in [0.29, 0.717) is 6.42 Å². The number of carboxylic acid groups (broad SMARTS) is 1. The molecule has 1 unspecified atom stereocenters. The van der Waals surface area contributed by atoms with Gasteiger partial charge in [-0.3, -0.25) is 4.79 Å². The number of benzene rings is 1. The number of nitrogens with two attached hydrogens (primary N) is 1. The summed E-state index contributed by atoms with van der Waals surface area (Å²) in [6, 6.07) is 7.91. The molecule has 0 bridgehead atoms. The molecule has 1 aromatic carbocycles. The summed E-state index contributed by atoms with van der Waals surface area (Å²) in [6.45, 7) is 1.56. The number of unbranched alkanes of at least 4 members (excludes halogenated alkanes) is 1. The van der Waals surface area contributed by atoms with Gasteiger partial charge in [-0.2, -0.15) is 0 Å². The van der Waals surface area contributed by atoms with Gasteiger partial charge in [0.25, 0.3) is 0 Å². The zero-order valence-corrected chi connectivity index (χ0v) is 12.2. The van der Waals surface area contributed by atoms with Crippen LogP contribution in [0.1, 0.15) is 26.2 Å². The minimum Gasteiger partial charge on any atom is -0.497 e. The maximum atomic E-state index is 10.8. The smallest absolute Gasteiger partial charge is 0.323 e. The van der Waals surface area contributed by atoms with Gasteiger partial charge in [0.05, 0.1) is 7.11 Å². The lowest BCUT2D eigenvalue weighted by molar-refractivity contribution is -0.142. The number of carbonyl (C=O) groups is 1. The van der Waals surface area contributed by atoms with Crippen molar-refractivity contribution in [2.75, 3.05) is 12.9 Å². The van der Waals surface area contributed by atoms with Gasteiger partial charge in [-0.15, -0.1) is 11.8 Å². The first-order valence-corrected chi connectivity index (χ1v) is 7.23. The first-order valence-electron chi connectivity index (χ1n) is 6.25. The summed E-state index contributed by atoms with van der Waals surface area (Å²) >= 11 is 1.75. The van der Waals surface area contributed by atoms with E-state index in [2.05, 4.69) is 0 Å². The van der Waals surface area contributed by atoms with Gasteiger partial charge in [-0.25, -0.2) is 0 Å². The third-order valence-electron chi connectivity index (χ3n) is 2.91. The number of ether oxygens (including phenoxy) is 1. The molecule has 0 aliphatic rings. The lowest BCUT2D eigenvalue weighted by Crippen LogP contribution is -2.44. The first-order chi connectivity index (χ1) is 8.95. The van der Waals surface area contributed by atoms with Crippen molar-refractivity contribution in [3.8, 4) is 5.75 Å². The molecule has 0 heterocycles. The first kappa shape index (κ1) is 15.9. The Balaban J connectivity index is 2.22. The van der Waals surface area contributed by atoms with Gasteiger partial charge in [-0.1, -0.05) is 6.42 Å². The second-order valence-electron chi connectivity index (χ2n) is 4.70. The van der Waals surface area contributed by atoms with Crippen LogP contribution < -0.4 is 10.5 Å². The summed E-state index contributed by atoms with van der Waals surface area (Å²) in [5.74, 6) is 0.877. The Hall–Kier alpha value is -1.20. The molecular weight excluding hydrogens is 262 g/mol. The van der Waals surface area contributed by atoms with E-state index in [1.54, 1.807) is 25.8 Å². The van der Waals surface area contributed by atoms with Crippen molar-refractivity contribution in [1.29, 1.82) is 0 Å². The maximum absolute atomic E-state index is 10.8. The highest BCUT2D eigenvalue weighted by Gasteiger charge is 2.26. The van der Waals surface area contributed by atoms with E-state index >= 15 is 0 Å². The Morgan fingerprint density at radius 1 is 1.37 bits per heavy atom. The molecule has 0 aliphatic heterocycles. The molecule has 19 heavy (non-hydrogen) atoms. The lowest BCUT2D eigenvalue weighted by atomic mass is 9.97. The fourth-order valence-corrected chi connectivity index (χ4v) is 2.48. The Bertz CT molecular complexity index is 404. The molecule has 1 atom stereocenters. The minimum absolute atomic E-state index is 0.505. The number of carboxylic acids is 1. The zero-order valence-electron chi connectivity index (χ0n) is 11.4. The van der Waals surface area contributed by atoms with E-state index < -0.39 is 11.5 Å². The number of hydrogen-bond donors (Lipinski definition) is 2. The molecule has 4 nitrogen and oxygen atoms in total. The van der Waals surface area contributed by atoms with E-state index in [-0.39, 0.29) is 0 Å². The maximum Gasteiger partial charge on any atom is 0.323 e. The monoisotopic (exact) mass is 283 g/mol. The van der Waals surface area contributed by atoms with Gasteiger partial charge >= 0.3 is 5.97 Å². The van der Waals surface area contributed by atoms with Crippen LogP contribution in [0.5, 0.6) is 5.75 Å². The molecule has 0 amide bonds. The van der Waals surface area contributed by atoms with Gasteiger partial charge < -0.3 is 15.6 Å². The molecule has 0 aliphatic carbocycles. The van der Waals surface area contributed by atoms with Crippen molar-refractivity contribution in [3.63, 3.8) is 0 Å². The molecule has 0 aromatic heterocycles. The molecule has 5 heteroatoms. The summed E-state index contributed by atoms with van der Waals surface area (Å²) in [4.78, 5) is 12.0. The summed E-state index contributed by atoms with van der Waals surface area (Å²) in [6.07, 6.45) is 2.28. The van der Waals surface area contributed by atoms with Crippen molar-refractivity contribution in [2.45, 2.75) is 36.6 Å². The molecule has 106 valence electrons. The van der Waals surface area contributed by atoms with Crippen LogP contribution in [0.15, 0.2) is 29.2 Å². The van der Waals surface area contributed by atoms with Gasteiger partial charge in [0.1, 0.15) is 11.3 Å². The van der Waals surface area contributed by atoms with Gasteiger partial charge in [0.15, 0.2) is 0 Å². The topological polar surface area (TPSA) is 72.5 Å². The second-order valence-corrected chi connectivity index (χ2v) is 5.87. The van der Waals surface area contributed by atoms with Crippen LogP contribution in [-0.2, 0) is 4.79 Å². The van der Waals surface area contributed by atoms with Crippen LogP contribution >= 0.6 is 11.8 Å². The van der Waals surface area contributed by atoms with Crippen LogP contribution in [0.4, 0.5) is 0 Å². The van der Waals surface area contributed by atoms with E-state index in [4.69, 9.17) is 15.6 Å². The highest BCUT2D eigenvalue weighted by molar-refractivity contribution is 7.99. The van der Waals surface area contributed by atoms with Crippen LogP contribution in [0, 0.1) is 0 Å². The summed E-state index contributed by atoms with van der Waals surface area (Å²) in [5.41, 5.74) is 4.56. The summed E-state index contributed by atoms with van der Waals surface area (Å²) < 4.78 is 5.09. The third kappa shape index (κ3) is 5.53. The largest absolute Gasteiger partial charge is 0.497 e. The van der Waals surface area contributed by atoms with Crippen molar-refractivity contribution < 1.29 is 14.6 Å². The average molecular weight is 283 g/mol. The van der Waals surface area contributed by atoms with E-state index in [1.165, 1.54) is 4.90 Å². The fourth-order valence-electron chi connectivity index (χ4n) is 1.56. The van der Waals surface area contributed by atoms with E-state index in [0.717, 1.165) is 24.3 Å². The Morgan fingerprint density at radius 2 is 2.00 bits per heavy atom. The van der Waals surface area contributed by atoms with Crippen LogP contribution in [-0.4, -0.2) is 29.5 Å². The van der Waals surface area contributed by atoms with Crippen molar-refractivity contribution in [3.05, 3.63) is 24.3 Å². The zero-order chi connectivity index (χ0) is 14.3. The van der Waals surface area contributed by atoms with Crippen LogP contribution in [0.3, 0.4) is 0 Å². The van der Waals surface area contributed by atoms with Gasteiger partial charge in [0, 0.05) is 4.90 Å². The summed E-state index contributed by atoms with van der Waals surface area (Å²) in [5, 5.41) is 8.88. The molecule has 3 N–H and O–H groups in total. The van der Waals surface area contributed by atoms with Crippen molar-refractivity contribution in [2.24, 2.45) is 5.73 Å². The molecule has 0 radical (unpaired) electrons. The number of methoxy groups -OCH3 is 1. The Kier molecular flexibility index (Phi) is 6.18. The highest BCUT2D eigenvalue weighted by Crippen LogP contribution is 2.23. The Labute approximate surface area is 118 Å². The van der Waals surface area contributed by atoms with Gasteiger partial charge in [-0.05, 0) is 49.8 Å². The Morgan fingerprint density at radius 3 is 2.53 bits per heavy atom. The molecule has 0 saturated heterocycles. The van der Waals surface area contributed by atoms with Crippen LogP contribution in [0.2, 0.25) is 0 Å². The fraction of sp³-hybridized carbons (Fsp3) is 0.500. The normalized spacial score (nSPS) is 13.8. The van der Waals surface area contributed by atoms with Crippen molar-refractivity contribution >= 4 is 17.7 Å². The predicted octanol–water partition coefficient (Wildman–Crippen LogP) is 2.76. The quantitative estimate of drug-likeness (QED) is 0.567. The van der Waals surface area contributed by atoms with E-state index in [1.807, 2.05) is 24.3 Å². The van der Waals surface area contributed by atoms with Crippen molar-refractivity contribution in [1.82, 2.24) is 0 Å². The van der Waals surface area contributed by atoms with E-state index in [9.17, 15) is 4.79 Å². The molecular formula is C14H21NO3S. The average Bonchev–Trinajstić information content (AvgIpc) is 2.38. The molecule has 0 saturated carbocycles. The minimum atomic E-state index is -1.11. The number of aliphatic carboxylic acids is 1. The lowest BCUT2D eigenvalue weighted by Gasteiger charge is -2.18. The summed E-state index contributed by atoms with van der Waals surface area (Å²) in [7, 11) is 1.65. The van der Waals surface area contributed by atoms with Gasteiger partial charge in [0.2, 0.25) is 0 Å². The number of hydrogen-bond acceptors (Lipinski definition) is 4.